The zero-order chi connectivity index (χ0) is 21.4. The van der Waals surface area contributed by atoms with Gasteiger partial charge in [-0.2, -0.15) is 0 Å². The van der Waals surface area contributed by atoms with Crippen molar-refractivity contribution in [3.05, 3.63) is 59.4 Å². The molecular weight excluding hydrogens is 375 g/mol. The van der Waals surface area contributed by atoms with Crippen LogP contribution in [0.1, 0.15) is 82.8 Å². The lowest BCUT2D eigenvalue weighted by atomic mass is 10.1. The van der Waals surface area contributed by atoms with Crippen LogP contribution >= 0.6 is 0 Å². The number of benzene rings is 2. The smallest absolute Gasteiger partial charge is 0.134 e. The zero-order valence-corrected chi connectivity index (χ0v) is 18.7. The maximum Gasteiger partial charge on any atom is 0.134 e. The van der Waals surface area contributed by atoms with Gasteiger partial charge in [0.25, 0.3) is 0 Å². The Bertz CT molecular complexity index is 737. The maximum absolute atomic E-state index is 14.4. The summed E-state index contributed by atoms with van der Waals surface area (Å²) >= 11 is 0. The largest absolute Gasteiger partial charge is 0.494 e. The van der Waals surface area contributed by atoms with Crippen LogP contribution in [0.4, 0.5) is 4.39 Å². The summed E-state index contributed by atoms with van der Waals surface area (Å²) in [5, 5.41) is 0. The van der Waals surface area contributed by atoms with Crippen molar-refractivity contribution in [1.29, 1.82) is 0 Å². The van der Waals surface area contributed by atoms with E-state index in [1.54, 1.807) is 12.1 Å². The van der Waals surface area contributed by atoms with E-state index >= 15 is 0 Å². The van der Waals surface area contributed by atoms with Crippen LogP contribution < -0.4 is 9.47 Å². The molecule has 0 aromatic heterocycles. The van der Waals surface area contributed by atoms with Crippen molar-refractivity contribution in [2.75, 3.05) is 13.2 Å². The molecule has 2 nitrogen and oxygen atoms in total. The van der Waals surface area contributed by atoms with Gasteiger partial charge in [-0.3, -0.25) is 0 Å². The average molecular weight is 413 g/mol. The third-order valence-electron chi connectivity index (χ3n) is 5.09. The Kier molecular flexibility index (Phi) is 11.7. The fraction of sp³-hybridized carbons (Fsp3) is 0.481. The lowest BCUT2D eigenvalue weighted by Crippen LogP contribution is -1.98. The molecule has 0 bridgehead atoms. The standard InChI is InChI=1S/C27H37FO2/c1-3-5-7-8-9-11-21-30-26-19-16-24(27(28)22-26)15-12-23-13-17-25(18-14-23)29-20-10-6-4-2/h12-19,22H,3-11,20-21H2,1-2H3/b15-12+. The van der Waals surface area contributed by atoms with E-state index in [2.05, 4.69) is 13.8 Å². The van der Waals surface area contributed by atoms with Crippen molar-refractivity contribution in [1.82, 2.24) is 0 Å². The van der Waals surface area contributed by atoms with Gasteiger partial charge in [0.2, 0.25) is 0 Å². The molecule has 0 fully saturated rings. The van der Waals surface area contributed by atoms with Gasteiger partial charge in [0.15, 0.2) is 0 Å². The topological polar surface area (TPSA) is 18.5 Å². The lowest BCUT2D eigenvalue weighted by Gasteiger charge is -2.07. The highest BCUT2D eigenvalue weighted by molar-refractivity contribution is 5.70. The molecule has 0 aliphatic rings. The maximum atomic E-state index is 14.4. The van der Waals surface area contributed by atoms with E-state index in [4.69, 9.17) is 9.47 Å². The highest BCUT2D eigenvalue weighted by atomic mass is 19.1. The molecule has 0 radical (unpaired) electrons. The molecule has 0 amide bonds. The molecule has 0 unspecified atom stereocenters. The van der Waals surface area contributed by atoms with E-state index in [0.29, 0.717) is 17.9 Å². The molecule has 0 N–H and O–H groups in total. The van der Waals surface area contributed by atoms with E-state index in [9.17, 15) is 4.39 Å². The van der Waals surface area contributed by atoms with E-state index in [1.807, 2.05) is 36.4 Å². The van der Waals surface area contributed by atoms with Crippen LogP contribution in [0.15, 0.2) is 42.5 Å². The van der Waals surface area contributed by atoms with Crippen LogP contribution in [0.2, 0.25) is 0 Å². The van der Waals surface area contributed by atoms with Gasteiger partial charge >= 0.3 is 0 Å². The zero-order valence-electron chi connectivity index (χ0n) is 18.7. The summed E-state index contributed by atoms with van der Waals surface area (Å²) in [4.78, 5) is 0. The molecule has 0 saturated carbocycles. The fourth-order valence-corrected chi connectivity index (χ4v) is 3.21. The fourth-order valence-electron chi connectivity index (χ4n) is 3.21. The number of hydrogen-bond acceptors (Lipinski definition) is 2. The van der Waals surface area contributed by atoms with Gasteiger partial charge in [0.05, 0.1) is 13.2 Å². The number of hydrogen-bond donors (Lipinski definition) is 0. The Morgan fingerprint density at radius 1 is 0.667 bits per heavy atom. The van der Waals surface area contributed by atoms with Crippen LogP contribution in [0.5, 0.6) is 11.5 Å². The van der Waals surface area contributed by atoms with Gasteiger partial charge in [-0.05, 0) is 42.7 Å². The molecule has 0 aliphatic heterocycles. The Labute approximate surface area is 182 Å². The quantitative estimate of drug-likeness (QED) is 0.216. The molecular formula is C27H37FO2. The second kappa shape index (κ2) is 14.7. The summed E-state index contributed by atoms with van der Waals surface area (Å²) in [6, 6.07) is 13.0. The van der Waals surface area contributed by atoms with E-state index < -0.39 is 0 Å². The SMILES string of the molecule is CCCCCCCCOc1ccc(/C=C/c2ccc(OCCCCC)cc2)c(F)c1. The van der Waals surface area contributed by atoms with Crippen LogP contribution in [-0.4, -0.2) is 13.2 Å². The monoisotopic (exact) mass is 412 g/mol. The minimum Gasteiger partial charge on any atom is -0.494 e. The van der Waals surface area contributed by atoms with Crippen molar-refractivity contribution in [2.45, 2.75) is 71.6 Å². The molecule has 0 heterocycles. The summed E-state index contributed by atoms with van der Waals surface area (Å²) in [6.07, 6.45) is 14.5. The third kappa shape index (κ3) is 9.47. The Morgan fingerprint density at radius 3 is 1.93 bits per heavy atom. The molecule has 2 aromatic rings. The van der Waals surface area contributed by atoms with Crippen molar-refractivity contribution >= 4 is 12.2 Å². The average Bonchev–Trinajstić information content (AvgIpc) is 2.76. The third-order valence-corrected chi connectivity index (χ3v) is 5.09. The van der Waals surface area contributed by atoms with Gasteiger partial charge < -0.3 is 9.47 Å². The summed E-state index contributed by atoms with van der Waals surface area (Å²) < 4.78 is 25.8. The predicted molar refractivity (Wildman–Crippen MR) is 126 cm³/mol. The molecule has 0 aliphatic carbocycles. The van der Waals surface area contributed by atoms with Gasteiger partial charge in [-0.15, -0.1) is 0 Å². The first-order valence-corrected chi connectivity index (χ1v) is 11.6. The van der Waals surface area contributed by atoms with Crippen LogP contribution in [0.25, 0.3) is 12.2 Å². The first-order chi connectivity index (χ1) is 14.7. The van der Waals surface area contributed by atoms with Gasteiger partial charge in [0, 0.05) is 11.6 Å². The van der Waals surface area contributed by atoms with Crippen LogP contribution in [-0.2, 0) is 0 Å². The first kappa shape index (κ1) is 24.0. The van der Waals surface area contributed by atoms with E-state index in [-0.39, 0.29) is 5.82 Å². The molecule has 3 heteroatoms. The van der Waals surface area contributed by atoms with Crippen molar-refractivity contribution in [3.63, 3.8) is 0 Å². The Morgan fingerprint density at radius 2 is 1.23 bits per heavy atom. The Balaban J connectivity index is 1.77. The summed E-state index contributed by atoms with van der Waals surface area (Å²) in [6.45, 7) is 5.80. The second-order valence-corrected chi connectivity index (χ2v) is 7.76. The minimum atomic E-state index is -0.262. The highest BCUT2D eigenvalue weighted by Gasteiger charge is 2.02. The molecule has 164 valence electrons. The lowest BCUT2D eigenvalue weighted by molar-refractivity contribution is 0.303. The first-order valence-electron chi connectivity index (χ1n) is 11.6. The molecule has 30 heavy (non-hydrogen) atoms. The van der Waals surface area contributed by atoms with Crippen molar-refractivity contribution in [2.24, 2.45) is 0 Å². The van der Waals surface area contributed by atoms with Gasteiger partial charge in [-0.1, -0.05) is 83.1 Å². The number of rotatable bonds is 15. The van der Waals surface area contributed by atoms with E-state index in [0.717, 1.165) is 30.8 Å². The number of ether oxygens (including phenoxy) is 2. The summed E-state index contributed by atoms with van der Waals surface area (Å²) in [7, 11) is 0. The van der Waals surface area contributed by atoms with Crippen LogP contribution in [0, 0.1) is 5.82 Å². The van der Waals surface area contributed by atoms with Crippen LogP contribution in [0.3, 0.4) is 0 Å². The Hall–Kier alpha value is -2.29. The number of halogens is 1. The molecule has 2 rings (SSSR count). The summed E-state index contributed by atoms with van der Waals surface area (Å²) in [5.74, 6) is 1.21. The second-order valence-electron chi connectivity index (χ2n) is 7.76. The summed E-state index contributed by atoms with van der Waals surface area (Å²) in [5.41, 5.74) is 1.57. The highest BCUT2D eigenvalue weighted by Crippen LogP contribution is 2.20. The predicted octanol–water partition coefficient (Wildman–Crippen LogP) is 8.30. The van der Waals surface area contributed by atoms with Gasteiger partial charge in [-0.25, -0.2) is 4.39 Å². The van der Waals surface area contributed by atoms with Crippen molar-refractivity contribution < 1.29 is 13.9 Å². The molecule has 0 spiro atoms. The normalized spacial score (nSPS) is 11.2. The number of unbranched alkanes of at least 4 members (excludes halogenated alkanes) is 7. The molecule has 2 aromatic carbocycles. The minimum absolute atomic E-state index is 0.262. The van der Waals surface area contributed by atoms with E-state index in [1.165, 1.54) is 51.0 Å². The van der Waals surface area contributed by atoms with Gasteiger partial charge in [0.1, 0.15) is 17.3 Å². The molecule has 0 saturated heterocycles. The molecule has 0 atom stereocenters. The van der Waals surface area contributed by atoms with Crippen molar-refractivity contribution in [3.8, 4) is 11.5 Å².